The maximum Gasteiger partial charge on any atom is 0.345 e. The minimum absolute atomic E-state index is 0.232. The number of rotatable bonds is 2. The molecule has 1 unspecified atom stereocenters. The summed E-state index contributed by atoms with van der Waals surface area (Å²) >= 11 is 0. The lowest BCUT2D eigenvalue weighted by atomic mass is 9.99. The summed E-state index contributed by atoms with van der Waals surface area (Å²) in [5.41, 5.74) is 2.01. The molecule has 1 aliphatic heterocycles. The number of hydrogen-bond donors (Lipinski definition) is 2. The highest BCUT2D eigenvalue weighted by Gasteiger charge is 2.19. The van der Waals surface area contributed by atoms with Crippen LogP contribution in [0.25, 0.3) is 0 Å². The third-order valence-corrected chi connectivity index (χ3v) is 2.77. The van der Waals surface area contributed by atoms with Gasteiger partial charge >= 0.3 is 5.69 Å². The molecule has 4 nitrogen and oxygen atoms in total. The molecule has 0 aliphatic carbocycles. The lowest BCUT2D eigenvalue weighted by Crippen LogP contribution is -2.18. The van der Waals surface area contributed by atoms with E-state index in [1.54, 1.807) is 6.20 Å². The quantitative estimate of drug-likeness (QED) is 0.715. The Hall–Kier alpha value is -1.16. The monoisotopic (exact) mass is 193 g/mol. The molecule has 0 radical (unpaired) electrons. The van der Waals surface area contributed by atoms with E-state index in [9.17, 15) is 4.79 Å². The molecule has 0 saturated carbocycles. The predicted molar refractivity (Wildman–Crippen MR) is 54.5 cm³/mol. The molecule has 0 bridgehead atoms. The fraction of sp³-hybridized carbons (Fsp3) is 0.600. The molecule has 0 aromatic carbocycles. The summed E-state index contributed by atoms with van der Waals surface area (Å²) in [5.74, 6) is 0.459. The zero-order valence-corrected chi connectivity index (χ0v) is 8.34. The minimum atomic E-state index is -0.232. The van der Waals surface area contributed by atoms with Gasteiger partial charge in [0.15, 0.2) is 0 Å². The van der Waals surface area contributed by atoms with Crippen LogP contribution in [0.3, 0.4) is 0 Å². The van der Waals surface area contributed by atoms with Gasteiger partial charge in [-0.25, -0.2) is 9.78 Å². The first kappa shape index (κ1) is 9.40. The van der Waals surface area contributed by atoms with E-state index in [-0.39, 0.29) is 5.69 Å². The first-order chi connectivity index (χ1) is 6.81. The number of H-pyrrole nitrogens is 1. The van der Waals surface area contributed by atoms with Crippen LogP contribution in [0.1, 0.15) is 30.5 Å². The SMILES string of the molecule is CCc1cnc(=O)[nH]c1C1CCNC1. The van der Waals surface area contributed by atoms with Gasteiger partial charge in [0.2, 0.25) is 0 Å². The molecule has 1 aromatic heterocycles. The van der Waals surface area contributed by atoms with Crippen LogP contribution in [0.4, 0.5) is 0 Å². The van der Waals surface area contributed by atoms with Gasteiger partial charge < -0.3 is 10.3 Å². The number of aryl methyl sites for hydroxylation is 1. The molecule has 1 aromatic rings. The van der Waals surface area contributed by atoms with Gasteiger partial charge in [0, 0.05) is 24.4 Å². The summed E-state index contributed by atoms with van der Waals surface area (Å²) in [7, 11) is 0. The van der Waals surface area contributed by atoms with Gasteiger partial charge in [-0.05, 0) is 24.9 Å². The first-order valence-electron chi connectivity index (χ1n) is 5.10. The van der Waals surface area contributed by atoms with E-state index in [0.29, 0.717) is 5.92 Å². The Labute approximate surface area is 82.8 Å². The van der Waals surface area contributed by atoms with Crippen molar-refractivity contribution in [3.8, 4) is 0 Å². The standard InChI is InChI=1S/C10H15N3O/c1-2-7-6-12-10(14)13-9(7)8-3-4-11-5-8/h6,8,11H,2-5H2,1H3,(H,12,13,14). The number of nitrogens with zero attached hydrogens (tertiary/aromatic N) is 1. The van der Waals surface area contributed by atoms with Crippen molar-refractivity contribution in [2.75, 3.05) is 13.1 Å². The highest BCUT2D eigenvalue weighted by molar-refractivity contribution is 5.21. The fourth-order valence-corrected chi connectivity index (χ4v) is 1.98. The number of nitrogens with one attached hydrogen (secondary N) is 2. The van der Waals surface area contributed by atoms with Crippen molar-refractivity contribution in [1.29, 1.82) is 0 Å². The Morgan fingerprint density at radius 2 is 2.50 bits per heavy atom. The van der Waals surface area contributed by atoms with Crippen LogP contribution in [-0.2, 0) is 6.42 Å². The summed E-state index contributed by atoms with van der Waals surface area (Å²) in [6, 6.07) is 0. The molecule has 76 valence electrons. The Morgan fingerprint density at radius 1 is 1.64 bits per heavy atom. The average Bonchev–Trinajstić information content (AvgIpc) is 2.70. The van der Waals surface area contributed by atoms with Crippen LogP contribution < -0.4 is 11.0 Å². The molecular formula is C10H15N3O. The van der Waals surface area contributed by atoms with Crippen molar-refractivity contribution >= 4 is 0 Å². The van der Waals surface area contributed by atoms with Crippen LogP contribution in [-0.4, -0.2) is 23.1 Å². The largest absolute Gasteiger partial charge is 0.345 e. The van der Waals surface area contributed by atoms with E-state index in [4.69, 9.17) is 0 Å². The average molecular weight is 193 g/mol. The molecule has 2 heterocycles. The molecule has 0 spiro atoms. The normalized spacial score (nSPS) is 21.4. The summed E-state index contributed by atoms with van der Waals surface area (Å²) in [6.45, 7) is 4.09. The lowest BCUT2D eigenvalue weighted by Gasteiger charge is -2.11. The topological polar surface area (TPSA) is 57.8 Å². The summed E-state index contributed by atoms with van der Waals surface area (Å²) < 4.78 is 0. The molecular weight excluding hydrogens is 178 g/mol. The lowest BCUT2D eigenvalue weighted by molar-refractivity contribution is 0.708. The maximum absolute atomic E-state index is 11.1. The Bertz CT molecular complexity index is 366. The van der Waals surface area contributed by atoms with Crippen molar-refractivity contribution in [3.05, 3.63) is 27.9 Å². The smallest absolute Gasteiger partial charge is 0.316 e. The van der Waals surface area contributed by atoms with E-state index in [1.165, 1.54) is 5.56 Å². The summed E-state index contributed by atoms with van der Waals surface area (Å²) in [6.07, 6.45) is 3.73. The van der Waals surface area contributed by atoms with Crippen LogP contribution in [0.2, 0.25) is 0 Å². The number of aromatic amines is 1. The highest BCUT2D eigenvalue weighted by Crippen LogP contribution is 2.22. The molecule has 2 rings (SSSR count). The number of aromatic nitrogens is 2. The highest BCUT2D eigenvalue weighted by atomic mass is 16.1. The van der Waals surface area contributed by atoms with Crippen molar-refractivity contribution in [1.82, 2.24) is 15.3 Å². The van der Waals surface area contributed by atoms with Crippen LogP contribution >= 0.6 is 0 Å². The second-order valence-electron chi connectivity index (χ2n) is 3.67. The van der Waals surface area contributed by atoms with Gasteiger partial charge in [0.1, 0.15) is 0 Å². The van der Waals surface area contributed by atoms with E-state index in [0.717, 1.165) is 31.6 Å². The van der Waals surface area contributed by atoms with Crippen molar-refractivity contribution in [2.45, 2.75) is 25.7 Å². The molecule has 4 heteroatoms. The van der Waals surface area contributed by atoms with Gasteiger partial charge in [-0.2, -0.15) is 0 Å². The Balaban J connectivity index is 2.38. The molecule has 1 aliphatic rings. The first-order valence-corrected chi connectivity index (χ1v) is 5.10. The van der Waals surface area contributed by atoms with Crippen molar-refractivity contribution in [3.63, 3.8) is 0 Å². The molecule has 1 saturated heterocycles. The zero-order chi connectivity index (χ0) is 9.97. The van der Waals surface area contributed by atoms with E-state index >= 15 is 0 Å². The van der Waals surface area contributed by atoms with Crippen LogP contribution in [0.5, 0.6) is 0 Å². The number of hydrogen-bond acceptors (Lipinski definition) is 3. The molecule has 2 N–H and O–H groups in total. The van der Waals surface area contributed by atoms with Gasteiger partial charge in [-0.3, -0.25) is 0 Å². The zero-order valence-electron chi connectivity index (χ0n) is 8.34. The summed E-state index contributed by atoms with van der Waals surface area (Å²) in [5, 5.41) is 3.30. The summed E-state index contributed by atoms with van der Waals surface area (Å²) in [4.78, 5) is 17.7. The van der Waals surface area contributed by atoms with Gasteiger partial charge in [-0.15, -0.1) is 0 Å². The van der Waals surface area contributed by atoms with Gasteiger partial charge in [0.05, 0.1) is 0 Å². The van der Waals surface area contributed by atoms with Gasteiger partial charge in [-0.1, -0.05) is 6.92 Å². The van der Waals surface area contributed by atoms with E-state index in [2.05, 4.69) is 22.2 Å². The van der Waals surface area contributed by atoms with Gasteiger partial charge in [0.25, 0.3) is 0 Å². The van der Waals surface area contributed by atoms with Crippen molar-refractivity contribution in [2.24, 2.45) is 0 Å². The molecule has 0 amide bonds. The van der Waals surface area contributed by atoms with Crippen molar-refractivity contribution < 1.29 is 0 Å². The third-order valence-electron chi connectivity index (χ3n) is 2.77. The third kappa shape index (κ3) is 1.70. The second-order valence-corrected chi connectivity index (χ2v) is 3.67. The fourth-order valence-electron chi connectivity index (χ4n) is 1.98. The van der Waals surface area contributed by atoms with Crippen LogP contribution in [0, 0.1) is 0 Å². The van der Waals surface area contributed by atoms with Crippen LogP contribution in [0.15, 0.2) is 11.0 Å². The maximum atomic E-state index is 11.1. The van der Waals surface area contributed by atoms with E-state index in [1.807, 2.05) is 0 Å². The molecule has 14 heavy (non-hydrogen) atoms. The predicted octanol–water partition coefficient (Wildman–Crippen LogP) is 0.409. The Morgan fingerprint density at radius 3 is 3.14 bits per heavy atom. The molecule has 1 atom stereocenters. The molecule has 1 fully saturated rings. The minimum Gasteiger partial charge on any atom is -0.316 e. The second kappa shape index (κ2) is 3.92. The Kier molecular flexibility index (Phi) is 2.63. The van der Waals surface area contributed by atoms with E-state index < -0.39 is 0 Å².